The number of hydrogen-bond acceptors (Lipinski definition) is 4. The minimum Gasteiger partial charge on any atom is -0.491 e. The number of aliphatic imine (C=N–C) groups is 1. The third-order valence-electron chi connectivity index (χ3n) is 4.29. The van der Waals surface area contributed by atoms with Crippen LogP contribution in [0.25, 0.3) is 0 Å². The van der Waals surface area contributed by atoms with Crippen molar-refractivity contribution in [2.24, 2.45) is 4.99 Å². The van der Waals surface area contributed by atoms with Gasteiger partial charge in [-0.15, -0.1) is 24.0 Å². The second kappa shape index (κ2) is 14.6. The molecule has 0 heterocycles. The van der Waals surface area contributed by atoms with Crippen molar-refractivity contribution >= 4 is 35.8 Å². The number of ether oxygens (including phenoxy) is 2. The number of nitrogens with one attached hydrogen (secondary N) is 3. The van der Waals surface area contributed by atoms with Crippen LogP contribution >= 0.6 is 24.0 Å². The number of halogens is 1. The number of rotatable bonds is 10. The standard InChI is InChI=1S/C22H30N4O3.HI/c1-23-21(27)19-6-4-5-17(15-19)11-12-25-22(24-2)26-16-18-7-9-20(10-8-18)29-14-13-28-3;/h4-10,15H,11-14,16H2,1-3H3,(H,23,27)(H2,24,25,26);1H. The zero-order valence-electron chi connectivity index (χ0n) is 17.7. The van der Waals surface area contributed by atoms with Crippen molar-refractivity contribution in [3.63, 3.8) is 0 Å². The summed E-state index contributed by atoms with van der Waals surface area (Å²) in [7, 11) is 5.03. The highest BCUT2D eigenvalue weighted by molar-refractivity contribution is 14.0. The summed E-state index contributed by atoms with van der Waals surface area (Å²) in [6.45, 7) is 2.48. The molecule has 0 aliphatic heterocycles. The molecule has 0 fully saturated rings. The SMILES string of the molecule is CN=C(NCCc1cccc(C(=O)NC)c1)NCc1ccc(OCCOC)cc1.I. The fourth-order valence-corrected chi connectivity index (χ4v) is 2.69. The highest BCUT2D eigenvalue weighted by atomic mass is 127. The first-order valence-corrected chi connectivity index (χ1v) is 9.62. The lowest BCUT2D eigenvalue weighted by Gasteiger charge is -2.13. The molecule has 2 rings (SSSR count). The fourth-order valence-electron chi connectivity index (χ4n) is 2.69. The van der Waals surface area contributed by atoms with Gasteiger partial charge < -0.3 is 25.4 Å². The van der Waals surface area contributed by atoms with E-state index in [0.717, 1.165) is 29.3 Å². The first kappa shape index (κ1) is 25.7. The maximum Gasteiger partial charge on any atom is 0.251 e. The van der Waals surface area contributed by atoms with Crippen molar-refractivity contribution in [3.8, 4) is 5.75 Å². The van der Waals surface area contributed by atoms with Gasteiger partial charge in [0.2, 0.25) is 0 Å². The smallest absolute Gasteiger partial charge is 0.251 e. The lowest BCUT2D eigenvalue weighted by Crippen LogP contribution is -2.37. The van der Waals surface area contributed by atoms with Crippen LogP contribution in [0.5, 0.6) is 5.75 Å². The lowest BCUT2D eigenvalue weighted by atomic mass is 10.1. The molecule has 0 aromatic heterocycles. The molecule has 2 aromatic carbocycles. The van der Waals surface area contributed by atoms with Gasteiger partial charge >= 0.3 is 0 Å². The Labute approximate surface area is 195 Å². The topological polar surface area (TPSA) is 84.0 Å². The molecule has 0 radical (unpaired) electrons. The van der Waals surface area contributed by atoms with Gasteiger partial charge in [0.25, 0.3) is 5.91 Å². The summed E-state index contributed by atoms with van der Waals surface area (Å²) in [5.74, 6) is 1.48. The molecular formula is C22H31IN4O3. The Hall–Kier alpha value is -2.33. The third kappa shape index (κ3) is 9.00. The Kier molecular flexibility index (Phi) is 12.5. The number of amides is 1. The van der Waals surface area contributed by atoms with E-state index in [9.17, 15) is 4.79 Å². The summed E-state index contributed by atoms with van der Waals surface area (Å²) < 4.78 is 10.5. The first-order chi connectivity index (χ1) is 14.2. The molecule has 2 aromatic rings. The summed E-state index contributed by atoms with van der Waals surface area (Å²) in [6, 6.07) is 15.6. The third-order valence-corrected chi connectivity index (χ3v) is 4.29. The normalized spacial score (nSPS) is 10.7. The van der Waals surface area contributed by atoms with Gasteiger partial charge in [0.1, 0.15) is 12.4 Å². The lowest BCUT2D eigenvalue weighted by molar-refractivity contribution is 0.0963. The van der Waals surface area contributed by atoms with Gasteiger partial charge in [0.15, 0.2) is 5.96 Å². The van der Waals surface area contributed by atoms with E-state index in [2.05, 4.69) is 20.9 Å². The summed E-state index contributed by atoms with van der Waals surface area (Å²) in [5.41, 5.74) is 2.89. The highest BCUT2D eigenvalue weighted by Gasteiger charge is 2.04. The molecule has 8 heteroatoms. The Bertz CT molecular complexity index is 797. The van der Waals surface area contributed by atoms with E-state index in [0.29, 0.717) is 31.9 Å². The maximum atomic E-state index is 11.7. The summed E-state index contributed by atoms with van der Waals surface area (Å²) in [4.78, 5) is 16.0. The van der Waals surface area contributed by atoms with E-state index in [1.165, 1.54) is 0 Å². The predicted octanol–water partition coefficient (Wildman–Crippen LogP) is 2.60. The molecule has 0 saturated carbocycles. The number of methoxy groups -OCH3 is 1. The zero-order chi connectivity index (χ0) is 20.9. The molecule has 164 valence electrons. The van der Waals surface area contributed by atoms with Gasteiger partial charge in [-0.1, -0.05) is 24.3 Å². The summed E-state index contributed by atoms with van der Waals surface area (Å²) >= 11 is 0. The molecule has 0 bridgehead atoms. The van der Waals surface area contributed by atoms with E-state index in [4.69, 9.17) is 9.47 Å². The minimum absolute atomic E-state index is 0. The molecule has 1 amide bonds. The number of carbonyl (C=O) groups excluding carboxylic acids is 1. The Morgan fingerprint density at radius 1 is 1.03 bits per heavy atom. The number of hydrogen-bond donors (Lipinski definition) is 3. The number of nitrogens with zero attached hydrogens (tertiary/aromatic N) is 1. The molecule has 3 N–H and O–H groups in total. The van der Waals surface area contributed by atoms with Crippen LogP contribution in [0.3, 0.4) is 0 Å². The summed E-state index contributed by atoms with van der Waals surface area (Å²) in [5, 5.41) is 9.24. The van der Waals surface area contributed by atoms with Crippen LogP contribution in [0.15, 0.2) is 53.5 Å². The average molecular weight is 526 g/mol. The molecule has 0 saturated heterocycles. The molecule has 0 atom stereocenters. The van der Waals surface area contributed by atoms with Crippen molar-refractivity contribution < 1.29 is 14.3 Å². The Morgan fingerprint density at radius 3 is 2.47 bits per heavy atom. The number of guanidine groups is 1. The van der Waals surface area contributed by atoms with Crippen molar-refractivity contribution in [3.05, 3.63) is 65.2 Å². The number of benzene rings is 2. The molecule has 7 nitrogen and oxygen atoms in total. The second-order valence-corrected chi connectivity index (χ2v) is 6.37. The van der Waals surface area contributed by atoms with Gasteiger partial charge in [-0.3, -0.25) is 9.79 Å². The van der Waals surface area contributed by atoms with Gasteiger partial charge in [-0.25, -0.2) is 0 Å². The molecule has 0 spiro atoms. The van der Waals surface area contributed by atoms with Crippen LogP contribution < -0.4 is 20.7 Å². The van der Waals surface area contributed by atoms with Gasteiger partial charge in [-0.2, -0.15) is 0 Å². The van der Waals surface area contributed by atoms with E-state index >= 15 is 0 Å². The van der Waals surface area contributed by atoms with Gasteiger partial charge in [0, 0.05) is 39.9 Å². The van der Waals surface area contributed by atoms with E-state index in [1.807, 2.05) is 48.5 Å². The number of carbonyl (C=O) groups is 1. The molecule has 0 unspecified atom stereocenters. The Balaban J connectivity index is 0.00000450. The molecule has 0 aliphatic carbocycles. The predicted molar refractivity (Wildman–Crippen MR) is 131 cm³/mol. The van der Waals surface area contributed by atoms with E-state index in [1.54, 1.807) is 21.2 Å². The molecule has 30 heavy (non-hydrogen) atoms. The van der Waals surface area contributed by atoms with E-state index in [-0.39, 0.29) is 29.9 Å². The van der Waals surface area contributed by atoms with Crippen molar-refractivity contribution in [2.75, 3.05) is 41.0 Å². The molecular weight excluding hydrogens is 495 g/mol. The average Bonchev–Trinajstić information content (AvgIpc) is 2.76. The summed E-state index contributed by atoms with van der Waals surface area (Å²) in [6.07, 6.45) is 0.791. The van der Waals surface area contributed by atoms with Crippen LogP contribution in [0.2, 0.25) is 0 Å². The highest BCUT2D eigenvalue weighted by Crippen LogP contribution is 2.12. The van der Waals surface area contributed by atoms with Crippen LogP contribution in [0, 0.1) is 0 Å². The Morgan fingerprint density at radius 2 is 1.80 bits per heavy atom. The van der Waals surface area contributed by atoms with Crippen molar-refractivity contribution in [1.82, 2.24) is 16.0 Å². The zero-order valence-corrected chi connectivity index (χ0v) is 20.1. The first-order valence-electron chi connectivity index (χ1n) is 9.62. The van der Waals surface area contributed by atoms with Gasteiger partial charge in [0.05, 0.1) is 6.61 Å². The second-order valence-electron chi connectivity index (χ2n) is 6.37. The van der Waals surface area contributed by atoms with Crippen molar-refractivity contribution in [2.45, 2.75) is 13.0 Å². The van der Waals surface area contributed by atoms with Crippen LogP contribution in [0.1, 0.15) is 21.5 Å². The minimum atomic E-state index is -0.0765. The van der Waals surface area contributed by atoms with Crippen LogP contribution in [-0.4, -0.2) is 52.8 Å². The van der Waals surface area contributed by atoms with Crippen LogP contribution in [0.4, 0.5) is 0 Å². The largest absolute Gasteiger partial charge is 0.491 e. The van der Waals surface area contributed by atoms with Crippen LogP contribution in [-0.2, 0) is 17.7 Å². The maximum absolute atomic E-state index is 11.7. The quantitative estimate of drug-likeness (QED) is 0.192. The van der Waals surface area contributed by atoms with Gasteiger partial charge in [-0.05, 0) is 41.8 Å². The monoisotopic (exact) mass is 526 g/mol. The molecule has 0 aliphatic rings. The van der Waals surface area contributed by atoms with Crippen molar-refractivity contribution in [1.29, 1.82) is 0 Å². The fraction of sp³-hybridized carbons (Fsp3) is 0.364. The van der Waals surface area contributed by atoms with E-state index < -0.39 is 0 Å².